The molecule has 2 heterocycles. The fourth-order valence-electron chi connectivity index (χ4n) is 1.49. The van der Waals surface area contributed by atoms with E-state index in [2.05, 4.69) is 10.3 Å². The molecule has 6 nitrogen and oxygen atoms in total. The average molecular weight is 280 g/mol. The molecule has 0 aromatic carbocycles. The number of furan rings is 1. The Morgan fingerprint density at radius 1 is 1.42 bits per heavy atom. The number of nitrogens with zero attached hydrogens (tertiary/aromatic N) is 1. The van der Waals surface area contributed by atoms with Crippen LogP contribution in [0.15, 0.2) is 21.9 Å². The molecule has 0 unspecified atom stereocenters. The summed E-state index contributed by atoms with van der Waals surface area (Å²) in [6, 6.07) is 2.59. The predicted molar refractivity (Wildman–Crippen MR) is 68.6 cm³/mol. The standard InChI is InChI=1S/C12H12N2O4S/c1-7-14-8(6-19-7)4-5-13-11(15)9-2-3-10(18-9)12(16)17/h2-3,6H,4-5H2,1H3,(H,13,15)(H,16,17). The van der Waals surface area contributed by atoms with Crippen LogP contribution in [0.5, 0.6) is 0 Å². The molecule has 100 valence electrons. The summed E-state index contributed by atoms with van der Waals surface area (Å²) in [5.74, 6) is -1.89. The summed E-state index contributed by atoms with van der Waals surface area (Å²) in [4.78, 5) is 26.5. The Balaban J connectivity index is 1.85. The number of carbonyl (C=O) groups is 2. The van der Waals surface area contributed by atoms with Crippen molar-refractivity contribution in [3.8, 4) is 0 Å². The lowest BCUT2D eigenvalue weighted by molar-refractivity contribution is 0.0659. The number of carboxylic acid groups (broad SMARTS) is 1. The Morgan fingerprint density at radius 3 is 2.74 bits per heavy atom. The molecule has 1 amide bonds. The molecule has 0 aliphatic rings. The molecule has 0 saturated carbocycles. The Kier molecular flexibility index (Phi) is 3.96. The molecule has 0 saturated heterocycles. The fourth-order valence-corrected chi connectivity index (χ4v) is 2.14. The summed E-state index contributed by atoms with van der Waals surface area (Å²) < 4.78 is 4.89. The SMILES string of the molecule is Cc1nc(CCNC(=O)c2ccc(C(=O)O)o2)cs1. The van der Waals surface area contributed by atoms with Gasteiger partial charge in [0.1, 0.15) is 0 Å². The second-order valence-electron chi connectivity index (χ2n) is 3.83. The van der Waals surface area contributed by atoms with E-state index in [1.54, 1.807) is 11.3 Å². The molecule has 0 atom stereocenters. The average Bonchev–Trinajstić information content (AvgIpc) is 2.98. The van der Waals surface area contributed by atoms with Crippen molar-refractivity contribution in [1.29, 1.82) is 0 Å². The minimum atomic E-state index is -1.20. The molecule has 19 heavy (non-hydrogen) atoms. The summed E-state index contributed by atoms with van der Waals surface area (Å²) in [6.07, 6.45) is 0.628. The van der Waals surface area contributed by atoms with Gasteiger partial charge in [-0.05, 0) is 19.1 Å². The quantitative estimate of drug-likeness (QED) is 0.869. The molecule has 0 fully saturated rings. The van der Waals surface area contributed by atoms with Crippen molar-refractivity contribution >= 4 is 23.2 Å². The zero-order valence-corrected chi connectivity index (χ0v) is 11.0. The van der Waals surface area contributed by atoms with Crippen molar-refractivity contribution in [2.45, 2.75) is 13.3 Å². The van der Waals surface area contributed by atoms with Gasteiger partial charge in [-0.1, -0.05) is 0 Å². The van der Waals surface area contributed by atoms with Crippen molar-refractivity contribution < 1.29 is 19.1 Å². The summed E-state index contributed by atoms with van der Waals surface area (Å²) in [7, 11) is 0. The van der Waals surface area contributed by atoms with Gasteiger partial charge in [0, 0.05) is 18.3 Å². The maximum Gasteiger partial charge on any atom is 0.371 e. The maximum atomic E-state index is 11.7. The van der Waals surface area contributed by atoms with Crippen molar-refractivity contribution in [3.05, 3.63) is 39.7 Å². The highest BCUT2D eigenvalue weighted by Gasteiger charge is 2.14. The Labute approximate surface area is 113 Å². The molecular formula is C12H12N2O4S. The number of thiazole rings is 1. The largest absolute Gasteiger partial charge is 0.475 e. The van der Waals surface area contributed by atoms with Crippen LogP contribution in [-0.2, 0) is 6.42 Å². The lowest BCUT2D eigenvalue weighted by atomic mass is 10.3. The van der Waals surface area contributed by atoms with Gasteiger partial charge in [0.2, 0.25) is 5.76 Å². The van der Waals surface area contributed by atoms with Gasteiger partial charge in [-0.25, -0.2) is 9.78 Å². The second-order valence-corrected chi connectivity index (χ2v) is 4.90. The van der Waals surface area contributed by atoms with Crippen LogP contribution in [0.4, 0.5) is 0 Å². The van der Waals surface area contributed by atoms with Crippen LogP contribution in [0.25, 0.3) is 0 Å². The molecular weight excluding hydrogens is 268 g/mol. The summed E-state index contributed by atoms with van der Waals surface area (Å²) in [5.41, 5.74) is 0.925. The first-order valence-electron chi connectivity index (χ1n) is 5.58. The maximum absolute atomic E-state index is 11.7. The van der Waals surface area contributed by atoms with E-state index in [1.807, 2.05) is 12.3 Å². The molecule has 2 aromatic heterocycles. The van der Waals surface area contributed by atoms with Crippen molar-refractivity contribution in [1.82, 2.24) is 10.3 Å². The van der Waals surface area contributed by atoms with E-state index in [0.29, 0.717) is 13.0 Å². The number of hydrogen-bond acceptors (Lipinski definition) is 5. The number of rotatable bonds is 5. The van der Waals surface area contributed by atoms with Crippen molar-refractivity contribution in [2.24, 2.45) is 0 Å². The molecule has 0 aliphatic carbocycles. The number of carbonyl (C=O) groups excluding carboxylic acids is 1. The Morgan fingerprint density at radius 2 is 2.16 bits per heavy atom. The molecule has 7 heteroatoms. The molecule has 0 radical (unpaired) electrons. The lowest BCUT2D eigenvalue weighted by Gasteiger charge is -2.00. The van der Waals surface area contributed by atoms with Crippen molar-refractivity contribution in [3.63, 3.8) is 0 Å². The van der Waals surface area contributed by atoms with Crippen LogP contribution in [0.2, 0.25) is 0 Å². The third-order valence-electron chi connectivity index (χ3n) is 2.37. The molecule has 2 rings (SSSR count). The number of amides is 1. The summed E-state index contributed by atoms with van der Waals surface area (Å²) in [5, 5.41) is 14.2. The third-order valence-corrected chi connectivity index (χ3v) is 3.20. The number of carboxylic acids is 1. The van der Waals surface area contributed by atoms with E-state index >= 15 is 0 Å². The van der Waals surface area contributed by atoms with Gasteiger partial charge in [0.15, 0.2) is 5.76 Å². The fraction of sp³-hybridized carbons (Fsp3) is 0.250. The van der Waals surface area contributed by atoms with E-state index in [4.69, 9.17) is 9.52 Å². The highest BCUT2D eigenvalue weighted by atomic mass is 32.1. The van der Waals surface area contributed by atoms with Gasteiger partial charge >= 0.3 is 5.97 Å². The third kappa shape index (κ3) is 3.41. The first-order valence-corrected chi connectivity index (χ1v) is 6.46. The topological polar surface area (TPSA) is 92.4 Å². The van der Waals surface area contributed by atoms with Crippen LogP contribution in [0.3, 0.4) is 0 Å². The van der Waals surface area contributed by atoms with Crippen molar-refractivity contribution in [2.75, 3.05) is 6.54 Å². The summed E-state index contributed by atoms with van der Waals surface area (Å²) in [6.45, 7) is 2.34. The zero-order chi connectivity index (χ0) is 13.8. The van der Waals surface area contributed by atoms with Crippen LogP contribution in [-0.4, -0.2) is 28.5 Å². The molecule has 0 bridgehead atoms. The molecule has 2 N–H and O–H groups in total. The van der Waals surface area contributed by atoms with Gasteiger partial charge in [0.05, 0.1) is 10.7 Å². The van der Waals surface area contributed by atoms with Crippen LogP contribution in [0, 0.1) is 6.92 Å². The minimum Gasteiger partial charge on any atom is -0.475 e. The van der Waals surface area contributed by atoms with Gasteiger partial charge in [-0.3, -0.25) is 4.79 Å². The van der Waals surface area contributed by atoms with Gasteiger partial charge < -0.3 is 14.8 Å². The predicted octanol–water partition coefficient (Wildman–Crippen LogP) is 1.72. The van der Waals surface area contributed by atoms with Gasteiger partial charge in [-0.15, -0.1) is 11.3 Å². The Bertz CT molecular complexity index is 602. The molecule has 0 spiro atoms. The van der Waals surface area contributed by atoms with E-state index in [1.165, 1.54) is 12.1 Å². The van der Waals surface area contributed by atoms with Gasteiger partial charge in [0.25, 0.3) is 5.91 Å². The number of nitrogens with one attached hydrogen (secondary N) is 1. The highest BCUT2D eigenvalue weighted by Crippen LogP contribution is 2.09. The second kappa shape index (κ2) is 5.66. The van der Waals surface area contributed by atoms with E-state index < -0.39 is 11.9 Å². The van der Waals surface area contributed by atoms with E-state index in [-0.39, 0.29) is 11.5 Å². The van der Waals surface area contributed by atoms with Crippen LogP contribution >= 0.6 is 11.3 Å². The van der Waals surface area contributed by atoms with E-state index in [0.717, 1.165) is 10.7 Å². The number of aromatic carboxylic acids is 1. The zero-order valence-electron chi connectivity index (χ0n) is 10.2. The highest BCUT2D eigenvalue weighted by molar-refractivity contribution is 7.09. The minimum absolute atomic E-state index is 0.00754. The monoisotopic (exact) mass is 280 g/mol. The smallest absolute Gasteiger partial charge is 0.371 e. The lowest BCUT2D eigenvalue weighted by Crippen LogP contribution is -2.25. The van der Waals surface area contributed by atoms with Crippen LogP contribution < -0.4 is 5.32 Å². The number of aryl methyl sites for hydroxylation is 1. The number of hydrogen-bond donors (Lipinski definition) is 2. The van der Waals surface area contributed by atoms with Crippen LogP contribution in [0.1, 0.15) is 31.8 Å². The summed E-state index contributed by atoms with van der Waals surface area (Å²) >= 11 is 1.56. The Hall–Kier alpha value is -2.15. The number of aromatic nitrogens is 1. The molecule has 2 aromatic rings. The molecule has 0 aliphatic heterocycles. The first-order chi connectivity index (χ1) is 9.06. The van der Waals surface area contributed by atoms with E-state index in [9.17, 15) is 9.59 Å². The normalized spacial score (nSPS) is 10.4. The van der Waals surface area contributed by atoms with Gasteiger partial charge in [-0.2, -0.15) is 0 Å². The first kappa shape index (κ1) is 13.3.